The van der Waals surface area contributed by atoms with Crippen LogP contribution in [0.2, 0.25) is 0 Å². The molecular weight excluding hydrogens is 420 g/mol. The van der Waals surface area contributed by atoms with Crippen LogP contribution >= 0.6 is 11.9 Å². The third-order valence-electron chi connectivity index (χ3n) is 5.73. The van der Waals surface area contributed by atoms with Crippen LogP contribution in [0.3, 0.4) is 0 Å². The number of hydrogen-bond acceptors (Lipinski definition) is 7. The summed E-state index contributed by atoms with van der Waals surface area (Å²) >= 11 is 1.51. The first-order chi connectivity index (χ1) is 15.6. The van der Waals surface area contributed by atoms with Crippen LogP contribution in [0.15, 0.2) is 47.6 Å². The zero-order chi connectivity index (χ0) is 22.3. The lowest BCUT2D eigenvalue weighted by atomic mass is 9.92. The Hall–Kier alpha value is -2.74. The number of aryl methyl sites for hydroxylation is 1. The number of aromatic nitrogens is 4. The van der Waals surface area contributed by atoms with Crippen LogP contribution in [0.25, 0.3) is 5.82 Å². The van der Waals surface area contributed by atoms with Crippen molar-refractivity contribution < 1.29 is 4.74 Å². The molecule has 2 aliphatic heterocycles. The molecular formula is C24H32N6OS. The Kier molecular flexibility index (Phi) is 7.52. The number of rotatable bonds is 2. The molecule has 0 spiro atoms. The van der Waals surface area contributed by atoms with E-state index in [9.17, 15) is 0 Å². The largest absolute Gasteiger partial charge is 0.478 e. The fourth-order valence-electron chi connectivity index (χ4n) is 3.93. The second-order valence-corrected chi connectivity index (χ2v) is 9.28. The van der Waals surface area contributed by atoms with Gasteiger partial charge in [-0.15, -0.1) is 0 Å². The van der Waals surface area contributed by atoms with Gasteiger partial charge in [0.25, 0.3) is 0 Å². The zero-order valence-corrected chi connectivity index (χ0v) is 19.9. The van der Waals surface area contributed by atoms with E-state index >= 15 is 0 Å². The normalized spacial score (nSPS) is 19.8. The fraction of sp³-hybridized carbons (Fsp3) is 0.458. The minimum Gasteiger partial charge on any atom is -0.478 e. The second-order valence-electron chi connectivity index (χ2n) is 8.40. The van der Waals surface area contributed by atoms with E-state index in [2.05, 4.69) is 40.0 Å². The van der Waals surface area contributed by atoms with E-state index in [-0.39, 0.29) is 0 Å². The van der Waals surface area contributed by atoms with E-state index in [1.54, 1.807) is 0 Å². The minimum absolute atomic E-state index is 0.306. The van der Waals surface area contributed by atoms with Crippen LogP contribution in [0.4, 0.5) is 11.5 Å². The number of ether oxygens (including phenoxy) is 1. The Morgan fingerprint density at radius 3 is 2.84 bits per heavy atom. The molecule has 0 amide bonds. The summed E-state index contributed by atoms with van der Waals surface area (Å²) in [5.74, 6) is 2.99. The monoisotopic (exact) mass is 452 g/mol. The van der Waals surface area contributed by atoms with Gasteiger partial charge in [-0.25, -0.2) is 14.6 Å². The summed E-state index contributed by atoms with van der Waals surface area (Å²) in [5, 5.41) is 8.18. The molecule has 32 heavy (non-hydrogen) atoms. The van der Waals surface area contributed by atoms with Gasteiger partial charge in [0.1, 0.15) is 0 Å². The highest BCUT2D eigenvalue weighted by molar-refractivity contribution is 8.00. The van der Waals surface area contributed by atoms with Crippen LogP contribution in [0, 0.1) is 12.8 Å². The maximum atomic E-state index is 5.82. The SMILES string of the molecule is CCC1CCCCOc2ccc(cn2)SNc2ccc(-n3ccc(C)n3)nc2NC(C)C1. The maximum Gasteiger partial charge on any atom is 0.213 e. The van der Waals surface area contributed by atoms with Crippen molar-refractivity contribution in [3.8, 4) is 11.7 Å². The molecule has 2 aliphatic rings. The number of anilines is 2. The summed E-state index contributed by atoms with van der Waals surface area (Å²) in [6.45, 7) is 7.22. The van der Waals surface area contributed by atoms with Gasteiger partial charge in [-0.05, 0) is 75.2 Å². The Bertz CT molecular complexity index is 1010. The highest BCUT2D eigenvalue weighted by atomic mass is 32.2. The van der Waals surface area contributed by atoms with Crippen molar-refractivity contribution in [3.05, 3.63) is 48.4 Å². The number of pyridine rings is 2. The van der Waals surface area contributed by atoms with Crippen molar-refractivity contribution >= 4 is 23.5 Å². The molecule has 2 bridgehead atoms. The predicted octanol–water partition coefficient (Wildman–Crippen LogP) is 5.87. The van der Waals surface area contributed by atoms with Crippen LogP contribution in [0.1, 0.15) is 51.6 Å². The fourth-order valence-corrected chi connectivity index (χ4v) is 4.56. The van der Waals surface area contributed by atoms with Gasteiger partial charge in [0.05, 0.1) is 18.0 Å². The summed E-state index contributed by atoms with van der Waals surface area (Å²) in [6, 6.07) is 10.3. The molecule has 0 saturated heterocycles. The molecule has 0 fully saturated rings. The van der Waals surface area contributed by atoms with Crippen molar-refractivity contribution in [3.63, 3.8) is 0 Å². The summed E-state index contributed by atoms with van der Waals surface area (Å²) in [6.07, 6.45) is 9.48. The molecule has 8 heteroatoms. The third-order valence-corrected chi connectivity index (χ3v) is 6.53. The van der Waals surface area contributed by atoms with Crippen molar-refractivity contribution in [1.29, 1.82) is 0 Å². The number of hydrogen-bond donors (Lipinski definition) is 2. The van der Waals surface area contributed by atoms with Crippen molar-refractivity contribution in [2.75, 3.05) is 16.6 Å². The van der Waals surface area contributed by atoms with Gasteiger partial charge in [-0.3, -0.25) is 0 Å². The number of nitrogens with one attached hydrogen (secondary N) is 2. The summed E-state index contributed by atoms with van der Waals surface area (Å²) in [7, 11) is 0. The molecule has 0 radical (unpaired) electrons. The Labute approximate surface area is 194 Å². The minimum atomic E-state index is 0.306. The lowest BCUT2D eigenvalue weighted by Crippen LogP contribution is -2.21. The van der Waals surface area contributed by atoms with Crippen molar-refractivity contribution in [1.82, 2.24) is 19.7 Å². The quantitative estimate of drug-likeness (QED) is 0.471. The Morgan fingerprint density at radius 1 is 1.19 bits per heavy atom. The lowest BCUT2D eigenvalue weighted by molar-refractivity contribution is 0.285. The summed E-state index contributed by atoms with van der Waals surface area (Å²) < 4.78 is 11.1. The molecule has 5 heterocycles. The second kappa shape index (κ2) is 10.7. The van der Waals surface area contributed by atoms with Gasteiger partial charge in [-0.2, -0.15) is 5.10 Å². The van der Waals surface area contributed by atoms with E-state index in [1.165, 1.54) is 31.2 Å². The van der Waals surface area contributed by atoms with E-state index in [0.717, 1.165) is 40.8 Å². The first-order valence-electron chi connectivity index (χ1n) is 11.4. The van der Waals surface area contributed by atoms with Gasteiger partial charge in [0.15, 0.2) is 11.6 Å². The third kappa shape index (κ3) is 5.94. The molecule has 3 aromatic heterocycles. The molecule has 170 valence electrons. The number of nitrogens with zero attached hydrogens (tertiary/aromatic N) is 4. The molecule has 3 aromatic rings. The topological polar surface area (TPSA) is 76.9 Å². The van der Waals surface area contributed by atoms with Crippen molar-refractivity contribution in [2.45, 2.75) is 63.8 Å². The zero-order valence-electron chi connectivity index (χ0n) is 19.0. The maximum absolute atomic E-state index is 5.82. The molecule has 0 saturated carbocycles. The predicted molar refractivity (Wildman–Crippen MR) is 131 cm³/mol. The molecule has 2 atom stereocenters. The average Bonchev–Trinajstić information content (AvgIpc) is 3.23. The van der Waals surface area contributed by atoms with Crippen molar-refractivity contribution in [2.24, 2.45) is 5.92 Å². The first kappa shape index (κ1) is 22.5. The van der Waals surface area contributed by atoms with Gasteiger partial charge in [0.2, 0.25) is 5.88 Å². The van der Waals surface area contributed by atoms with Gasteiger partial charge in [-0.1, -0.05) is 19.8 Å². The molecule has 7 nitrogen and oxygen atoms in total. The number of fused-ring (bicyclic) bond motifs is 11. The molecule has 0 aromatic carbocycles. The van der Waals surface area contributed by atoms with Gasteiger partial charge < -0.3 is 14.8 Å². The van der Waals surface area contributed by atoms with Gasteiger partial charge in [0, 0.05) is 29.4 Å². The van der Waals surface area contributed by atoms with Crippen LogP contribution in [-0.2, 0) is 0 Å². The Morgan fingerprint density at radius 2 is 2.09 bits per heavy atom. The molecule has 5 rings (SSSR count). The highest BCUT2D eigenvalue weighted by Gasteiger charge is 2.16. The molecule has 2 unspecified atom stereocenters. The first-order valence-corrected chi connectivity index (χ1v) is 12.2. The smallest absolute Gasteiger partial charge is 0.213 e. The highest BCUT2D eigenvalue weighted by Crippen LogP contribution is 2.29. The van der Waals surface area contributed by atoms with Crippen LogP contribution in [-0.4, -0.2) is 32.4 Å². The van der Waals surface area contributed by atoms with E-state index in [0.29, 0.717) is 24.4 Å². The molecule has 0 aliphatic carbocycles. The Balaban J connectivity index is 1.61. The molecule has 2 N–H and O–H groups in total. The van der Waals surface area contributed by atoms with E-state index in [1.807, 2.05) is 48.3 Å². The average molecular weight is 453 g/mol. The summed E-state index contributed by atoms with van der Waals surface area (Å²) in [5.41, 5.74) is 1.91. The lowest BCUT2D eigenvalue weighted by Gasteiger charge is -2.23. The van der Waals surface area contributed by atoms with Crippen LogP contribution in [0.5, 0.6) is 5.88 Å². The van der Waals surface area contributed by atoms with Gasteiger partial charge >= 0.3 is 0 Å². The summed E-state index contributed by atoms with van der Waals surface area (Å²) in [4.78, 5) is 10.4. The standard InChI is InChI=1S/C24H32N6OS/c1-4-19-7-5-6-14-31-23-11-8-20(16-25-23)32-29-21-9-10-22(30-13-12-17(2)28-30)27-24(21)26-18(3)15-19/h8-13,16,18-19,29H,4-7,14-15H2,1-3H3,(H,26,27). The van der Waals surface area contributed by atoms with E-state index < -0.39 is 0 Å². The van der Waals surface area contributed by atoms with Crippen LogP contribution < -0.4 is 14.8 Å². The van der Waals surface area contributed by atoms with E-state index in [4.69, 9.17) is 9.72 Å².